The van der Waals surface area contributed by atoms with Gasteiger partial charge >= 0.3 is 0 Å². The van der Waals surface area contributed by atoms with Crippen molar-refractivity contribution in [2.24, 2.45) is 5.10 Å². The molecule has 0 saturated heterocycles. The number of amides is 1. The lowest BCUT2D eigenvalue weighted by Gasteiger charge is -2.12. The van der Waals surface area contributed by atoms with Crippen LogP contribution in [0.25, 0.3) is 5.69 Å². The van der Waals surface area contributed by atoms with E-state index in [1.54, 1.807) is 24.4 Å². The van der Waals surface area contributed by atoms with E-state index in [4.69, 9.17) is 34.8 Å². The van der Waals surface area contributed by atoms with Gasteiger partial charge in [-0.05, 0) is 63.2 Å². The van der Waals surface area contributed by atoms with Gasteiger partial charge < -0.3 is 4.57 Å². The highest BCUT2D eigenvalue weighted by molar-refractivity contribution is 8.00. The van der Waals surface area contributed by atoms with Crippen LogP contribution < -0.4 is 5.43 Å². The molecule has 4 nitrogen and oxygen atoms in total. The van der Waals surface area contributed by atoms with E-state index >= 15 is 0 Å². The number of nitrogens with zero attached hydrogens (tertiary/aromatic N) is 2. The SMILES string of the molecule is Cc1cc(/C=N/NC(=O)C(C)Sc2ccc(Cl)cc2)c(C)n1-c1cccc(Cl)c1Cl. The lowest BCUT2D eigenvalue weighted by Crippen LogP contribution is -2.26. The Bertz CT molecular complexity index is 1090. The summed E-state index contributed by atoms with van der Waals surface area (Å²) in [4.78, 5) is 13.3. The molecule has 1 unspecified atom stereocenters. The van der Waals surface area contributed by atoms with Crippen LogP contribution in [-0.4, -0.2) is 21.9 Å². The summed E-state index contributed by atoms with van der Waals surface area (Å²) in [5, 5.41) is 5.48. The van der Waals surface area contributed by atoms with Crippen LogP contribution in [0.5, 0.6) is 0 Å². The summed E-state index contributed by atoms with van der Waals surface area (Å²) >= 11 is 19.9. The van der Waals surface area contributed by atoms with Gasteiger partial charge in [0.05, 0.1) is 27.2 Å². The second kappa shape index (κ2) is 9.92. The Kier molecular flexibility index (Phi) is 7.53. The number of hydrogen-bond acceptors (Lipinski definition) is 3. The second-order valence-electron chi connectivity index (χ2n) is 6.68. The maximum Gasteiger partial charge on any atom is 0.253 e. The van der Waals surface area contributed by atoms with Crippen molar-refractivity contribution in [1.29, 1.82) is 0 Å². The molecule has 3 aromatic rings. The summed E-state index contributed by atoms with van der Waals surface area (Å²) in [7, 11) is 0. The number of rotatable bonds is 6. The highest BCUT2D eigenvalue weighted by Crippen LogP contribution is 2.31. The first-order valence-corrected chi connectivity index (χ1v) is 11.2. The van der Waals surface area contributed by atoms with E-state index < -0.39 is 0 Å². The average Bonchev–Trinajstić information content (AvgIpc) is 2.99. The molecule has 3 rings (SSSR count). The molecule has 0 saturated carbocycles. The molecular weight excluding hydrogens is 461 g/mol. The monoisotopic (exact) mass is 479 g/mol. The van der Waals surface area contributed by atoms with E-state index in [0.717, 1.165) is 27.5 Å². The van der Waals surface area contributed by atoms with Gasteiger partial charge in [0, 0.05) is 26.9 Å². The average molecular weight is 481 g/mol. The van der Waals surface area contributed by atoms with Gasteiger partial charge in [0.1, 0.15) is 0 Å². The fourth-order valence-electron chi connectivity index (χ4n) is 2.98. The van der Waals surface area contributed by atoms with Crippen LogP contribution in [0.3, 0.4) is 0 Å². The molecule has 1 atom stereocenters. The Labute approximate surface area is 195 Å². The van der Waals surface area contributed by atoms with Crippen LogP contribution in [0.4, 0.5) is 0 Å². The van der Waals surface area contributed by atoms with Gasteiger partial charge in [-0.25, -0.2) is 5.43 Å². The molecule has 0 spiro atoms. The van der Waals surface area contributed by atoms with E-state index in [-0.39, 0.29) is 11.2 Å². The maximum atomic E-state index is 12.4. The fraction of sp³-hybridized carbons (Fsp3) is 0.182. The van der Waals surface area contributed by atoms with E-state index in [9.17, 15) is 4.79 Å². The van der Waals surface area contributed by atoms with Gasteiger partial charge in [0.25, 0.3) is 5.91 Å². The van der Waals surface area contributed by atoms with E-state index in [1.165, 1.54) is 11.8 Å². The standard InChI is InChI=1S/C22H20Cl3N3OS/c1-13-11-16(14(2)28(13)20-6-4-5-19(24)21(20)25)12-26-27-22(29)15(3)30-18-9-7-17(23)8-10-18/h4-12,15H,1-3H3,(H,27,29)/b26-12+. The number of hydrazone groups is 1. The summed E-state index contributed by atoms with van der Waals surface area (Å²) in [6.45, 7) is 5.77. The van der Waals surface area contributed by atoms with Crippen molar-refractivity contribution in [3.63, 3.8) is 0 Å². The van der Waals surface area contributed by atoms with Crippen LogP contribution in [0.2, 0.25) is 15.1 Å². The molecule has 8 heteroatoms. The first kappa shape index (κ1) is 22.8. The number of halogens is 3. The van der Waals surface area contributed by atoms with Crippen molar-refractivity contribution in [1.82, 2.24) is 9.99 Å². The van der Waals surface area contributed by atoms with Gasteiger partial charge in [-0.1, -0.05) is 40.9 Å². The summed E-state index contributed by atoms with van der Waals surface area (Å²) in [6.07, 6.45) is 1.63. The number of thioether (sulfide) groups is 1. The zero-order valence-electron chi connectivity index (χ0n) is 16.6. The predicted octanol–water partition coefficient (Wildman–Crippen LogP) is 6.69. The first-order chi connectivity index (χ1) is 14.3. The molecule has 0 radical (unpaired) electrons. The summed E-state index contributed by atoms with van der Waals surface area (Å²) in [5.74, 6) is -0.183. The fourth-order valence-corrected chi connectivity index (χ4v) is 4.35. The molecule has 0 bridgehead atoms. The van der Waals surface area contributed by atoms with Crippen molar-refractivity contribution in [2.45, 2.75) is 30.9 Å². The molecule has 0 aliphatic rings. The van der Waals surface area contributed by atoms with E-state index in [0.29, 0.717) is 15.1 Å². The zero-order valence-corrected chi connectivity index (χ0v) is 19.7. The number of hydrogen-bond donors (Lipinski definition) is 1. The van der Waals surface area contributed by atoms with Crippen molar-refractivity contribution in [3.05, 3.63) is 80.6 Å². The molecule has 1 aromatic heterocycles. The Hall–Kier alpha value is -1.92. The van der Waals surface area contributed by atoms with Crippen molar-refractivity contribution >= 4 is 58.7 Å². The Balaban J connectivity index is 1.70. The number of aryl methyl sites for hydroxylation is 1. The van der Waals surface area contributed by atoms with Crippen LogP contribution in [-0.2, 0) is 4.79 Å². The largest absolute Gasteiger partial charge is 0.316 e. The van der Waals surface area contributed by atoms with E-state index in [2.05, 4.69) is 10.5 Å². The molecule has 0 aliphatic carbocycles. The Morgan fingerprint density at radius 2 is 1.83 bits per heavy atom. The molecule has 1 N–H and O–H groups in total. The predicted molar refractivity (Wildman–Crippen MR) is 128 cm³/mol. The smallest absolute Gasteiger partial charge is 0.253 e. The van der Waals surface area contributed by atoms with Gasteiger partial charge in [-0.15, -0.1) is 11.8 Å². The first-order valence-electron chi connectivity index (χ1n) is 9.16. The zero-order chi connectivity index (χ0) is 21.8. The number of benzene rings is 2. The Morgan fingerprint density at radius 3 is 2.53 bits per heavy atom. The normalized spacial score (nSPS) is 12.3. The molecule has 1 amide bonds. The summed E-state index contributed by atoms with van der Waals surface area (Å²) in [5.41, 5.74) is 6.21. The molecule has 0 fully saturated rings. The van der Waals surface area contributed by atoms with Crippen molar-refractivity contribution in [3.8, 4) is 5.69 Å². The highest BCUT2D eigenvalue weighted by Gasteiger charge is 2.15. The number of nitrogens with one attached hydrogen (secondary N) is 1. The highest BCUT2D eigenvalue weighted by atomic mass is 35.5. The second-order valence-corrected chi connectivity index (χ2v) is 9.32. The third kappa shape index (κ3) is 5.22. The van der Waals surface area contributed by atoms with Gasteiger partial charge in [-0.3, -0.25) is 4.79 Å². The third-order valence-corrected chi connectivity index (χ3v) is 6.69. The quantitative estimate of drug-likeness (QED) is 0.243. The van der Waals surface area contributed by atoms with Crippen molar-refractivity contribution < 1.29 is 4.79 Å². The Morgan fingerprint density at radius 1 is 1.13 bits per heavy atom. The van der Waals surface area contributed by atoms with Crippen LogP contribution in [0.15, 0.2) is 58.5 Å². The number of aromatic nitrogens is 1. The maximum absolute atomic E-state index is 12.4. The van der Waals surface area contributed by atoms with Crippen LogP contribution in [0, 0.1) is 13.8 Å². The van der Waals surface area contributed by atoms with Gasteiger partial charge in [0.15, 0.2) is 0 Å². The van der Waals surface area contributed by atoms with Gasteiger partial charge in [0.2, 0.25) is 0 Å². The number of carbonyl (C=O) groups excluding carboxylic acids is 1. The van der Waals surface area contributed by atoms with E-state index in [1.807, 2.05) is 55.7 Å². The number of carbonyl (C=O) groups is 1. The summed E-state index contributed by atoms with van der Waals surface area (Å²) < 4.78 is 2.01. The topological polar surface area (TPSA) is 46.4 Å². The molecular formula is C22H20Cl3N3OS. The minimum atomic E-state index is -0.305. The molecule has 2 aromatic carbocycles. The van der Waals surface area contributed by atoms with Crippen molar-refractivity contribution in [2.75, 3.05) is 0 Å². The minimum absolute atomic E-state index is 0.183. The third-order valence-electron chi connectivity index (χ3n) is 4.52. The minimum Gasteiger partial charge on any atom is -0.316 e. The molecule has 156 valence electrons. The van der Waals surface area contributed by atoms with Crippen LogP contribution in [0.1, 0.15) is 23.9 Å². The lowest BCUT2D eigenvalue weighted by atomic mass is 10.2. The van der Waals surface area contributed by atoms with Gasteiger partial charge in [-0.2, -0.15) is 5.10 Å². The summed E-state index contributed by atoms with van der Waals surface area (Å²) in [6, 6.07) is 14.9. The lowest BCUT2D eigenvalue weighted by molar-refractivity contribution is -0.120. The van der Waals surface area contributed by atoms with Crippen LogP contribution >= 0.6 is 46.6 Å². The molecule has 30 heavy (non-hydrogen) atoms. The molecule has 0 aliphatic heterocycles. The molecule has 1 heterocycles.